The Kier molecular flexibility index (Phi) is 3.11. The first-order valence-corrected chi connectivity index (χ1v) is 6.08. The van der Waals surface area contributed by atoms with Crippen molar-refractivity contribution >= 4 is 11.9 Å². The van der Waals surface area contributed by atoms with E-state index in [2.05, 4.69) is 0 Å². The monoisotopic (exact) mass is 246 g/mol. The molecule has 4 heteroatoms. The molecular formula is C14H18N2O2. The first-order valence-electron chi connectivity index (χ1n) is 6.08. The Bertz CT molecular complexity index is 468. The maximum absolute atomic E-state index is 12.2. The Morgan fingerprint density at radius 3 is 2.33 bits per heavy atom. The summed E-state index contributed by atoms with van der Waals surface area (Å²) < 4.78 is 0. The number of nitrogens with zero attached hydrogens (tertiary/aromatic N) is 2. The normalized spacial score (nSPS) is 17.3. The van der Waals surface area contributed by atoms with Crippen molar-refractivity contribution in [2.45, 2.75) is 25.8 Å². The standard InChI is InChI=1S/C14H18N2O2/c1-14(2,11-7-5-4-6-8-11)16-10-9-12(17)15(3)13(16)18/h4-8H,9-10H2,1-3H3. The quantitative estimate of drug-likeness (QED) is 0.802. The van der Waals surface area contributed by atoms with E-state index in [9.17, 15) is 9.59 Å². The highest BCUT2D eigenvalue weighted by Gasteiger charge is 2.38. The van der Waals surface area contributed by atoms with Crippen molar-refractivity contribution in [1.29, 1.82) is 0 Å². The zero-order valence-corrected chi connectivity index (χ0v) is 11.0. The van der Waals surface area contributed by atoms with Gasteiger partial charge in [0.25, 0.3) is 0 Å². The maximum atomic E-state index is 12.2. The molecular weight excluding hydrogens is 228 g/mol. The van der Waals surface area contributed by atoms with Crippen molar-refractivity contribution in [3.63, 3.8) is 0 Å². The first-order chi connectivity index (χ1) is 8.44. The minimum Gasteiger partial charge on any atom is -0.315 e. The molecule has 3 amide bonds. The third kappa shape index (κ3) is 1.98. The van der Waals surface area contributed by atoms with Gasteiger partial charge in [-0.05, 0) is 19.4 Å². The summed E-state index contributed by atoms with van der Waals surface area (Å²) in [6.45, 7) is 4.48. The van der Waals surface area contributed by atoms with E-state index in [1.54, 1.807) is 4.90 Å². The molecule has 2 rings (SSSR count). The van der Waals surface area contributed by atoms with Crippen LogP contribution >= 0.6 is 0 Å². The van der Waals surface area contributed by atoms with Crippen LogP contribution in [-0.4, -0.2) is 35.3 Å². The van der Waals surface area contributed by atoms with E-state index in [1.807, 2.05) is 44.2 Å². The maximum Gasteiger partial charge on any atom is 0.327 e. The van der Waals surface area contributed by atoms with Crippen molar-refractivity contribution < 1.29 is 9.59 Å². The Morgan fingerprint density at radius 2 is 1.72 bits per heavy atom. The van der Waals surface area contributed by atoms with Gasteiger partial charge in [-0.2, -0.15) is 0 Å². The number of carbonyl (C=O) groups excluding carboxylic acids is 2. The molecule has 0 radical (unpaired) electrons. The van der Waals surface area contributed by atoms with Crippen LogP contribution in [0.2, 0.25) is 0 Å². The number of benzene rings is 1. The molecule has 0 N–H and O–H groups in total. The Morgan fingerprint density at radius 1 is 1.11 bits per heavy atom. The van der Waals surface area contributed by atoms with Gasteiger partial charge in [0.2, 0.25) is 5.91 Å². The smallest absolute Gasteiger partial charge is 0.315 e. The number of amides is 3. The SMILES string of the molecule is CN1C(=O)CCN(C(C)(C)c2ccccc2)C1=O. The molecule has 4 nitrogen and oxygen atoms in total. The van der Waals surface area contributed by atoms with E-state index in [-0.39, 0.29) is 11.9 Å². The van der Waals surface area contributed by atoms with E-state index < -0.39 is 5.54 Å². The fourth-order valence-electron chi connectivity index (χ4n) is 2.28. The minimum atomic E-state index is -0.409. The zero-order valence-electron chi connectivity index (χ0n) is 11.0. The summed E-state index contributed by atoms with van der Waals surface area (Å²) in [4.78, 5) is 26.6. The molecule has 0 atom stereocenters. The lowest BCUT2D eigenvalue weighted by Gasteiger charge is -2.43. The summed E-state index contributed by atoms with van der Waals surface area (Å²) in [5.74, 6) is -0.111. The molecule has 1 aliphatic rings. The van der Waals surface area contributed by atoms with Crippen LogP contribution in [0.3, 0.4) is 0 Å². The average molecular weight is 246 g/mol. The van der Waals surface area contributed by atoms with Crippen LogP contribution in [0.4, 0.5) is 4.79 Å². The minimum absolute atomic E-state index is 0.111. The molecule has 96 valence electrons. The summed E-state index contributed by atoms with van der Waals surface area (Å²) in [6.07, 6.45) is 0.387. The molecule has 0 saturated carbocycles. The number of carbonyl (C=O) groups is 2. The van der Waals surface area contributed by atoms with Crippen molar-refractivity contribution in [3.8, 4) is 0 Å². The summed E-state index contributed by atoms with van der Waals surface area (Å²) in [7, 11) is 1.54. The Balaban J connectivity index is 2.31. The van der Waals surface area contributed by atoms with Gasteiger partial charge in [-0.3, -0.25) is 9.69 Å². The third-order valence-electron chi connectivity index (χ3n) is 3.60. The number of urea groups is 1. The van der Waals surface area contributed by atoms with Gasteiger partial charge in [0.1, 0.15) is 0 Å². The van der Waals surface area contributed by atoms with E-state index in [4.69, 9.17) is 0 Å². The summed E-state index contributed by atoms with van der Waals surface area (Å²) in [5.41, 5.74) is 0.661. The fourth-order valence-corrected chi connectivity index (χ4v) is 2.28. The molecule has 0 bridgehead atoms. The predicted molar refractivity (Wildman–Crippen MR) is 69.0 cm³/mol. The first kappa shape index (κ1) is 12.6. The molecule has 1 saturated heterocycles. The number of imide groups is 1. The molecule has 0 spiro atoms. The lowest BCUT2D eigenvalue weighted by Crippen LogP contribution is -2.56. The van der Waals surface area contributed by atoms with Crippen molar-refractivity contribution in [3.05, 3.63) is 35.9 Å². The lowest BCUT2D eigenvalue weighted by atomic mass is 9.91. The summed E-state index contributed by atoms with van der Waals surface area (Å²) in [6, 6.07) is 9.65. The highest BCUT2D eigenvalue weighted by atomic mass is 16.2. The van der Waals surface area contributed by atoms with Gasteiger partial charge < -0.3 is 4.90 Å². The van der Waals surface area contributed by atoms with Gasteiger partial charge in [0, 0.05) is 20.0 Å². The largest absolute Gasteiger partial charge is 0.327 e. The van der Waals surface area contributed by atoms with Gasteiger partial charge in [-0.1, -0.05) is 30.3 Å². The Labute approximate surface area is 107 Å². The number of hydrogen-bond donors (Lipinski definition) is 0. The molecule has 18 heavy (non-hydrogen) atoms. The lowest BCUT2D eigenvalue weighted by molar-refractivity contribution is -0.130. The van der Waals surface area contributed by atoms with Crippen molar-refractivity contribution in [2.24, 2.45) is 0 Å². The van der Waals surface area contributed by atoms with Crippen molar-refractivity contribution in [1.82, 2.24) is 9.80 Å². The Hall–Kier alpha value is -1.84. The van der Waals surface area contributed by atoms with Crippen LogP contribution in [0, 0.1) is 0 Å². The molecule has 0 aliphatic carbocycles. The van der Waals surface area contributed by atoms with Gasteiger partial charge in [0.05, 0.1) is 5.54 Å². The van der Waals surface area contributed by atoms with E-state index >= 15 is 0 Å². The zero-order chi connectivity index (χ0) is 13.3. The topological polar surface area (TPSA) is 40.6 Å². The molecule has 0 aromatic heterocycles. The molecule has 1 heterocycles. The molecule has 1 fully saturated rings. The van der Waals surface area contributed by atoms with Crippen LogP contribution < -0.4 is 0 Å². The van der Waals surface area contributed by atoms with Crippen LogP contribution in [0.15, 0.2) is 30.3 Å². The second-order valence-corrected chi connectivity index (χ2v) is 5.06. The van der Waals surface area contributed by atoms with Gasteiger partial charge in [-0.25, -0.2) is 4.79 Å². The van der Waals surface area contributed by atoms with Crippen LogP contribution in [0.5, 0.6) is 0 Å². The highest BCUT2D eigenvalue weighted by Crippen LogP contribution is 2.30. The van der Waals surface area contributed by atoms with Crippen LogP contribution in [0.25, 0.3) is 0 Å². The summed E-state index contributed by atoms with van der Waals surface area (Å²) >= 11 is 0. The van der Waals surface area contributed by atoms with Crippen molar-refractivity contribution in [2.75, 3.05) is 13.6 Å². The van der Waals surface area contributed by atoms with Gasteiger partial charge >= 0.3 is 6.03 Å². The molecule has 1 aliphatic heterocycles. The molecule has 1 aromatic carbocycles. The average Bonchev–Trinajstić information content (AvgIpc) is 2.37. The highest BCUT2D eigenvalue weighted by molar-refractivity contribution is 5.96. The molecule has 0 unspecified atom stereocenters. The summed E-state index contributed by atoms with van der Waals surface area (Å²) in [5, 5.41) is 0. The number of rotatable bonds is 2. The van der Waals surface area contributed by atoms with Gasteiger partial charge in [0.15, 0.2) is 0 Å². The van der Waals surface area contributed by atoms with Gasteiger partial charge in [-0.15, -0.1) is 0 Å². The fraction of sp³-hybridized carbons (Fsp3) is 0.429. The van der Waals surface area contributed by atoms with E-state index in [0.717, 1.165) is 5.56 Å². The van der Waals surface area contributed by atoms with Crippen LogP contribution in [0.1, 0.15) is 25.8 Å². The second-order valence-electron chi connectivity index (χ2n) is 5.06. The predicted octanol–water partition coefficient (Wildman–Crippen LogP) is 2.21. The molecule has 1 aromatic rings. The van der Waals surface area contributed by atoms with E-state index in [1.165, 1.54) is 11.9 Å². The number of hydrogen-bond acceptors (Lipinski definition) is 2. The second kappa shape index (κ2) is 4.44. The third-order valence-corrected chi connectivity index (χ3v) is 3.60. The van der Waals surface area contributed by atoms with E-state index in [0.29, 0.717) is 13.0 Å². The van der Waals surface area contributed by atoms with Crippen LogP contribution in [-0.2, 0) is 10.3 Å².